The summed E-state index contributed by atoms with van der Waals surface area (Å²) in [5.74, 6) is 1.54. The van der Waals surface area contributed by atoms with E-state index >= 15 is 0 Å². The van der Waals surface area contributed by atoms with Crippen LogP contribution in [0.15, 0.2) is 23.6 Å². The van der Waals surface area contributed by atoms with Gasteiger partial charge in [0.25, 0.3) is 0 Å². The van der Waals surface area contributed by atoms with Gasteiger partial charge in [0.05, 0.1) is 32.8 Å². The van der Waals surface area contributed by atoms with E-state index in [0.717, 1.165) is 16.8 Å². The Kier molecular flexibility index (Phi) is 4.86. The Morgan fingerprint density at radius 1 is 1.19 bits per heavy atom. The van der Waals surface area contributed by atoms with Crippen LogP contribution < -0.4 is 24.7 Å². The Labute approximate surface area is 157 Å². The van der Waals surface area contributed by atoms with E-state index < -0.39 is 5.92 Å². The maximum Gasteiger partial charge on any atom is 0.244 e. The molecule has 0 radical (unpaired) electrons. The second-order valence-electron chi connectivity index (χ2n) is 6.39. The largest absolute Gasteiger partial charge is 0.493 e. The molecule has 1 aromatic heterocycles. The molecule has 0 amide bonds. The summed E-state index contributed by atoms with van der Waals surface area (Å²) in [6.45, 7) is 4.07. The predicted molar refractivity (Wildman–Crippen MR) is 98.1 cm³/mol. The molecule has 1 atom stereocenters. The average Bonchev–Trinajstić information content (AvgIpc) is 3.09. The van der Waals surface area contributed by atoms with Crippen molar-refractivity contribution in [3.8, 4) is 29.2 Å². The van der Waals surface area contributed by atoms with Crippen LogP contribution in [0, 0.1) is 11.3 Å². The molecule has 0 bridgehead atoms. The van der Waals surface area contributed by atoms with Crippen LogP contribution in [0.1, 0.15) is 42.5 Å². The summed E-state index contributed by atoms with van der Waals surface area (Å²) in [4.78, 5) is 0. The molecule has 0 fully saturated rings. The highest BCUT2D eigenvalue weighted by molar-refractivity contribution is 5.61. The molecule has 0 spiro atoms. The Morgan fingerprint density at radius 2 is 1.81 bits per heavy atom. The van der Waals surface area contributed by atoms with Crippen molar-refractivity contribution in [2.24, 2.45) is 5.73 Å². The van der Waals surface area contributed by atoms with E-state index in [-0.39, 0.29) is 11.8 Å². The maximum atomic E-state index is 9.75. The van der Waals surface area contributed by atoms with Gasteiger partial charge in [-0.1, -0.05) is 13.8 Å². The van der Waals surface area contributed by atoms with Crippen LogP contribution >= 0.6 is 0 Å². The molecule has 0 saturated carbocycles. The van der Waals surface area contributed by atoms with Crippen molar-refractivity contribution >= 4 is 0 Å². The summed E-state index contributed by atoms with van der Waals surface area (Å²) in [5, 5.41) is 17.0. The molecule has 2 aromatic rings. The number of rotatable bonds is 5. The van der Waals surface area contributed by atoms with Gasteiger partial charge in [0.2, 0.25) is 17.5 Å². The topological polar surface area (TPSA) is 115 Å². The van der Waals surface area contributed by atoms with E-state index in [0.29, 0.717) is 28.7 Å². The van der Waals surface area contributed by atoms with Crippen LogP contribution in [-0.4, -0.2) is 31.5 Å². The molecule has 8 nitrogen and oxygen atoms in total. The number of aromatic amines is 1. The van der Waals surface area contributed by atoms with Crippen LogP contribution in [-0.2, 0) is 0 Å². The van der Waals surface area contributed by atoms with Gasteiger partial charge in [0, 0.05) is 5.69 Å². The average molecular weight is 370 g/mol. The first-order valence-corrected chi connectivity index (χ1v) is 8.42. The first-order chi connectivity index (χ1) is 13.0. The number of fused-ring (bicyclic) bond motifs is 1. The summed E-state index contributed by atoms with van der Waals surface area (Å²) in [7, 11) is 4.63. The third-order valence-corrected chi connectivity index (χ3v) is 4.57. The number of methoxy groups -OCH3 is 3. The quantitative estimate of drug-likeness (QED) is 0.831. The van der Waals surface area contributed by atoms with Gasteiger partial charge < -0.3 is 24.7 Å². The van der Waals surface area contributed by atoms with Gasteiger partial charge in [0.1, 0.15) is 11.6 Å². The molecule has 1 aliphatic heterocycles. The zero-order valence-electron chi connectivity index (χ0n) is 15.9. The summed E-state index contributed by atoms with van der Waals surface area (Å²) in [6, 6.07) is 5.79. The van der Waals surface area contributed by atoms with Crippen LogP contribution in [0.5, 0.6) is 23.1 Å². The predicted octanol–water partition coefficient (Wildman–Crippen LogP) is 2.78. The second kappa shape index (κ2) is 7.11. The Hall–Kier alpha value is -3.34. The lowest BCUT2D eigenvalue weighted by atomic mass is 9.82. The number of nitrogens with zero attached hydrogens (tertiary/aromatic N) is 2. The highest BCUT2D eigenvalue weighted by Crippen LogP contribution is 2.48. The molecule has 8 heteroatoms. The SMILES string of the molecule is COc1cc(C2C(C#N)=C(N)Oc3n[nH]c(C(C)C)c32)cc(OC)c1OC. The van der Waals surface area contributed by atoms with Crippen molar-refractivity contribution in [3.63, 3.8) is 0 Å². The van der Waals surface area contributed by atoms with E-state index in [9.17, 15) is 5.26 Å². The number of nitrogens with one attached hydrogen (secondary N) is 1. The molecular formula is C19H22N4O4. The lowest BCUT2D eigenvalue weighted by molar-refractivity contribution is 0.323. The standard InChI is InChI=1S/C19H22N4O4/c1-9(2)16-15-14(11(8-20)18(21)27-19(15)23-22-16)10-6-12(24-3)17(26-5)13(7-10)25-4/h6-7,9,14H,21H2,1-5H3,(H,22,23). The lowest BCUT2D eigenvalue weighted by Gasteiger charge is -2.26. The van der Waals surface area contributed by atoms with Gasteiger partial charge in [-0.05, 0) is 23.6 Å². The van der Waals surface area contributed by atoms with Gasteiger partial charge >= 0.3 is 0 Å². The van der Waals surface area contributed by atoms with E-state index in [4.69, 9.17) is 24.7 Å². The highest BCUT2D eigenvalue weighted by Gasteiger charge is 2.36. The van der Waals surface area contributed by atoms with Gasteiger partial charge in [-0.2, -0.15) is 5.26 Å². The third kappa shape index (κ3) is 2.91. The number of hydrogen-bond acceptors (Lipinski definition) is 7. The van der Waals surface area contributed by atoms with Gasteiger partial charge in [0.15, 0.2) is 11.5 Å². The van der Waals surface area contributed by atoms with E-state index in [1.807, 2.05) is 26.0 Å². The highest BCUT2D eigenvalue weighted by atomic mass is 16.5. The molecule has 27 heavy (non-hydrogen) atoms. The first kappa shape index (κ1) is 18.5. The first-order valence-electron chi connectivity index (χ1n) is 8.42. The summed E-state index contributed by atoms with van der Waals surface area (Å²) < 4.78 is 21.9. The normalized spacial score (nSPS) is 15.8. The van der Waals surface area contributed by atoms with E-state index in [1.54, 1.807) is 14.2 Å². The van der Waals surface area contributed by atoms with Crippen molar-refractivity contribution < 1.29 is 18.9 Å². The van der Waals surface area contributed by atoms with Crippen molar-refractivity contribution in [2.45, 2.75) is 25.7 Å². The molecule has 3 N–H and O–H groups in total. The number of aromatic nitrogens is 2. The minimum atomic E-state index is -0.469. The zero-order chi connectivity index (χ0) is 19.7. The number of H-pyrrole nitrogens is 1. The Balaban J connectivity index is 2.30. The minimum absolute atomic E-state index is 0.0329. The van der Waals surface area contributed by atoms with Crippen LogP contribution in [0.2, 0.25) is 0 Å². The number of hydrogen-bond donors (Lipinski definition) is 2. The monoisotopic (exact) mass is 370 g/mol. The van der Waals surface area contributed by atoms with E-state index in [1.165, 1.54) is 7.11 Å². The Morgan fingerprint density at radius 3 is 2.30 bits per heavy atom. The number of allylic oxidation sites excluding steroid dienone is 1. The van der Waals surface area contributed by atoms with E-state index in [2.05, 4.69) is 16.3 Å². The van der Waals surface area contributed by atoms with Crippen molar-refractivity contribution in [2.75, 3.05) is 21.3 Å². The minimum Gasteiger partial charge on any atom is -0.493 e. The van der Waals surface area contributed by atoms with Gasteiger partial charge in [-0.3, -0.25) is 5.10 Å². The molecule has 2 heterocycles. The van der Waals surface area contributed by atoms with Crippen LogP contribution in [0.3, 0.4) is 0 Å². The molecule has 0 saturated heterocycles. The fraction of sp³-hybridized carbons (Fsp3) is 0.368. The smallest absolute Gasteiger partial charge is 0.244 e. The fourth-order valence-corrected chi connectivity index (χ4v) is 3.31. The van der Waals surface area contributed by atoms with Crippen LogP contribution in [0.4, 0.5) is 0 Å². The van der Waals surface area contributed by atoms with Crippen molar-refractivity contribution in [1.29, 1.82) is 5.26 Å². The fourth-order valence-electron chi connectivity index (χ4n) is 3.31. The van der Waals surface area contributed by atoms with Gasteiger partial charge in [-0.15, -0.1) is 5.10 Å². The molecule has 1 aromatic carbocycles. The zero-order valence-corrected chi connectivity index (χ0v) is 15.9. The lowest BCUT2D eigenvalue weighted by Crippen LogP contribution is -2.21. The van der Waals surface area contributed by atoms with Gasteiger partial charge in [-0.25, -0.2) is 0 Å². The molecule has 1 aliphatic rings. The molecule has 0 aliphatic carbocycles. The Bertz CT molecular complexity index is 915. The number of benzene rings is 1. The van der Waals surface area contributed by atoms with Crippen molar-refractivity contribution in [1.82, 2.24) is 10.2 Å². The number of ether oxygens (including phenoxy) is 4. The summed E-state index contributed by atoms with van der Waals surface area (Å²) in [6.07, 6.45) is 0. The second-order valence-corrected chi connectivity index (χ2v) is 6.39. The number of nitrogens with two attached hydrogens (primary N) is 1. The molecular weight excluding hydrogens is 348 g/mol. The summed E-state index contributed by atoms with van der Waals surface area (Å²) in [5.41, 5.74) is 8.74. The summed E-state index contributed by atoms with van der Waals surface area (Å²) >= 11 is 0. The molecule has 3 rings (SSSR count). The molecule has 1 unspecified atom stereocenters. The van der Waals surface area contributed by atoms with Crippen LogP contribution in [0.25, 0.3) is 0 Å². The maximum absolute atomic E-state index is 9.75. The molecule has 142 valence electrons. The third-order valence-electron chi connectivity index (χ3n) is 4.57. The van der Waals surface area contributed by atoms with Crippen molar-refractivity contribution in [3.05, 3.63) is 40.4 Å². The number of nitriles is 1.